The number of ether oxygens (including phenoxy) is 1. The molecule has 1 saturated carbocycles. The number of amides is 1. The first-order valence-electron chi connectivity index (χ1n) is 8.78. The molecule has 2 aliphatic rings. The summed E-state index contributed by atoms with van der Waals surface area (Å²) in [7, 11) is -1.88. The maximum atomic E-state index is 13.3. The van der Waals surface area contributed by atoms with Crippen LogP contribution in [0.1, 0.15) is 37.7 Å². The second-order valence-corrected chi connectivity index (χ2v) is 8.91. The largest absolute Gasteiger partial charge is 0.497 e. The quantitative estimate of drug-likeness (QED) is 0.858. The summed E-state index contributed by atoms with van der Waals surface area (Å²) < 4.78 is 27.9. The lowest BCUT2D eigenvalue weighted by Gasteiger charge is -2.33. The van der Waals surface area contributed by atoms with E-state index in [2.05, 4.69) is 0 Å². The van der Waals surface area contributed by atoms with E-state index in [1.807, 2.05) is 29.2 Å². The summed E-state index contributed by atoms with van der Waals surface area (Å²) in [5.41, 5.74) is 0.550. The van der Waals surface area contributed by atoms with Gasteiger partial charge < -0.3 is 9.64 Å². The predicted molar refractivity (Wildman–Crippen MR) is 95.8 cm³/mol. The lowest BCUT2D eigenvalue weighted by atomic mass is 9.77. The van der Waals surface area contributed by atoms with E-state index in [4.69, 9.17) is 9.88 Å². The van der Waals surface area contributed by atoms with Crippen LogP contribution in [0.25, 0.3) is 0 Å². The van der Waals surface area contributed by atoms with E-state index >= 15 is 0 Å². The van der Waals surface area contributed by atoms with Gasteiger partial charge in [0.25, 0.3) is 0 Å². The summed E-state index contributed by atoms with van der Waals surface area (Å²) in [4.78, 5) is 15.2. The second kappa shape index (κ2) is 6.96. The number of benzene rings is 1. The Labute approximate surface area is 149 Å². The van der Waals surface area contributed by atoms with E-state index < -0.39 is 15.4 Å². The lowest BCUT2D eigenvalue weighted by molar-refractivity contribution is -0.136. The monoisotopic (exact) mass is 366 g/mol. The first-order valence-corrected chi connectivity index (χ1v) is 10.5. The summed E-state index contributed by atoms with van der Waals surface area (Å²) in [6.07, 6.45) is 4.45. The van der Waals surface area contributed by atoms with Gasteiger partial charge in [-0.15, -0.1) is 0 Å². The van der Waals surface area contributed by atoms with Crippen LogP contribution in [0.3, 0.4) is 0 Å². The number of methoxy groups -OCH3 is 1. The van der Waals surface area contributed by atoms with Gasteiger partial charge in [-0.1, -0.05) is 25.0 Å². The molecule has 1 amide bonds. The molecule has 1 aromatic carbocycles. The normalized spacial score (nSPS) is 23.0. The average molecular weight is 366 g/mol. The Morgan fingerprint density at radius 1 is 1.28 bits per heavy atom. The Bertz CT molecular complexity index is 724. The molecule has 0 bridgehead atoms. The Balaban J connectivity index is 1.79. The van der Waals surface area contributed by atoms with Gasteiger partial charge >= 0.3 is 0 Å². The molecular weight excluding hydrogens is 340 g/mol. The van der Waals surface area contributed by atoms with Crippen molar-refractivity contribution in [1.82, 2.24) is 4.90 Å². The van der Waals surface area contributed by atoms with Crippen LogP contribution >= 0.6 is 0 Å². The number of carbonyl (C=O) groups excluding carboxylic acids is 1. The first kappa shape index (κ1) is 18.2. The van der Waals surface area contributed by atoms with E-state index in [1.54, 1.807) is 7.11 Å². The van der Waals surface area contributed by atoms with Crippen molar-refractivity contribution >= 4 is 15.9 Å². The summed E-state index contributed by atoms with van der Waals surface area (Å²) in [5.74, 6) is 0.797. The molecule has 2 N–H and O–H groups in total. The lowest BCUT2D eigenvalue weighted by Crippen LogP contribution is -2.44. The average Bonchev–Trinajstić information content (AvgIpc) is 3.23. The fraction of sp³-hybridized carbons (Fsp3) is 0.611. The number of primary sulfonamides is 1. The van der Waals surface area contributed by atoms with Crippen molar-refractivity contribution in [2.24, 2.45) is 11.1 Å². The van der Waals surface area contributed by atoms with Gasteiger partial charge in [-0.3, -0.25) is 4.79 Å². The van der Waals surface area contributed by atoms with Crippen molar-refractivity contribution in [3.63, 3.8) is 0 Å². The topological polar surface area (TPSA) is 89.7 Å². The maximum Gasteiger partial charge on any atom is 0.233 e. The van der Waals surface area contributed by atoms with Crippen LogP contribution in [-0.4, -0.2) is 45.2 Å². The molecular formula is C18H26N2O4S. The van der Waals surface area contributed by atoms with Crippen molar-refractivity contribution in [3.8, 4) is 5.75 Å². The zero-order valence-electron chi connectivity index (χ0n) is 14.6. The Morgan fingerprint density at radius 2 is 1.92 bits per heavy atom. The fourth-order valence-electron chi connectivity index (χ4n) is 4.30. The third-order valence-electron chi connectivity index (χ3n) is 5.55. The van der Waals surface area contributed by atoms with E-state index in [-0.39, 0.29) is 17.6 Å². The minimum atomic E-state index is -3.50. The SMILES string of the molecule is COc1ccc(C2(C(=O)N3CCC(CS(N)(=O)=O)C3)CCCC2)cc1. The summed E-state index contributed by atoms with van der Waals surface area (Å²) >= 11 is 0. The number of hydrogen-bond donors (Lipinski definition) is 1. The van der Waals surface area contributed by atoms with E-state index in [9.17, 15) is 13.2 Å². The number of sulfonamides is 1. The van der Waals surface area contributed by atoms with Crippen LogP contribution in [0.4, 0.5) is 0 Å². The van der Waals surface area contributed by atoms with Crippen molar-refractivity contribution in [2.45, 2.75) is 37.5 Å². The van der Waals surface area contributed by atoms with E-state index in [0.29, 0.717) is 19.5 Å². The Kier molecular flexibility index (Phi) is 5.06. The number of likely N-dealkylation sites (tertiary alicyclic amines) is 1. The minimum absolute atomic E-state index is 0.0493. The predicted octanol–water partition coefficient (Wildman–Crippen LogP) is 1.64. The third kappa shape index (κ3) is 3.82. The number of carbonyl (C=O) groups is 1. The Hall–Kier alpha value is -1.60. The van der Waals surface area contributed by atoms with Gasteiger partial charge in [-0.2, -0.15) is 0 Å². The van der Waals surface area contributed by atoms with Crippen LogP contribution in [0.2, 0.25) is 0 Å². The van der Waals surface area contributed by atoms with Gasteiger partial charge in [0.1, 0.15) is 5.75 Å². The molecule has 7 heteroatoms. The van der Waals surface area contributed by atoms with Gasteiger partial charge in [0.05, 0.1) is 18.3 Å². The van der Waals surface area contributed by atoms with Crippen molar-refractivity contribution < 1.29 is 17.9 Å². The molecule has 6 nitrogen and oxygen atoms in total. The van der Waals surface area contributed by atoms with Crippen molar-refractivity contribution in [2.75, 3.05) is 26.0 Å². The minimum Gasteiger partial charge on any atom is -0.497 e. The van der Waals surface area contributed by atoms with Crippen molar-refractivity contribution in [3.05, 3.63) is 29.8 Å². The van der Waals surface area contributed by atoms with Crippen LogP contribution in [0, 0.1) is 5.92 Å². The standard InChI is InChI=1S/C18H26N2O4S/c1-24-16-6-4-15(5-7-16)18(9-2-3-10-18)17(21)20-11-8-14(12-20)13-25(19,22)23/h4-7,14H,2-3,8-13H2,1H3,(H2,19,22,23). The molecule has 3 rings (SSSR count). The van der Waals surface area contributed by atoms with Crippen LogP contribution in [0.5, 0.6) is 5.75 Å². The fourth-order valence-corrected chi connectivity index (χ4v) is 5.23. The van der Waals surface area contributed by atoms with Gasteiger partial charge in [0.15, 0.2) is 0 Å². The van der Waals surface area contributed by atoms with Crippen LogP contribution < -0.4 is 9.88 Å². The smallest absolute Gasteiger partial charge is 0.233 e. The highest BCUT2D eigenvalue weighted by Crippen LogP contribution is 2.43. The zero-order chi connectivity index (χ0) is 18.1. The maximum absolute atomic E-state index is 13.3. The van der Waals surface area contributed by atoms with E-state index in [1.165, 1.54) is 0 Å². The molecule has 138 valence electrons. The number of nitrogens with two attached hydrogens (primary N) is 1. The van der Waals surface area contributed by atoms with Gasteiger partial charge in [0, 0.05) is 13.1 Å². The van der Waals surface area contributed by atoms with E-state index in [0.717, 1.165) is 37.0 Å². The third-order valence-corrected chi connectivity index (χ3v) is 6.49. The molecule has 25 heavy (non-hydrogen) atoms. The molecule has 1 aliphatic heterocycles. The van der Waals surface area contributed by atoms with Gasteiger partial charge in [-0.05, 0) is 42.9 Å². The molecule has 1 aliphatic carbocycles. The molecule has 2 fully saturated rings. The first-order chi connectivity index (χ1) is 11.8. The zero-order valence-corrected chi connectivity index (χ0v) is 15.4. The Morgan fingerprint density at radius 3 is 2.48 bits per heavy atom. The molecule has 0 spiro atoms. The second-order valence-electron chi connectivity index (χ2n) is 7.25. The molecule has 1 atom stereocenters. The van der Waals surface area contributed by atoms with Crippen LogP contribution in [-0.2, 0) is 20.2 Å². The highest BCUT2D eigenvalue weighted by molar-refractivity contribution is 7.89. The summed E-state index contributed by atoms with van der Waals surface area (Å²) in [6.45, 7) is 1.09. The number of rotatable bonds is 5. The van der Waals surface area contributed by atoms with Gasteiger partial charge in [-0.25, -0.2) is 13.6 Å². The number of hydrogen-bond acceptors (Lipinski definition) is 4. The molecule has 1 heterocycles. The molecule has 1 aromatic rings. The van der Waals surface area contributed by atoms with Gasteiger partial charge in [0.2, 0.25) is 15.9 Å². The summed E-state index contributed by atoms with van der Waals surface area (Å²) in [6, 6.07) is 7.77. The number of nitrogens with zero attached hydrogens (tertiary/aromatic N) is 1. The van der Waals surface area contributed by atoms with Crippen molar-refractivity contribution in [1.29, 1.82) is 0 Å². The van der Waals surface area contributed by atoms with Crippen LogP contribution in [0.15, 0.2) is 24.3 Å². The molecule has 0 aromatic heterocycles. The molecule has 0 radical (unpaired) electrons. The molecule has 1 unspecified atom stereocenters. The summed E-state index contributed by atoms with van der Waals surface area (Å²) in [5, 5.41) is 5.16. The highest BCUT2D eigenvalue weighted by atomic mass is 32.2. The highest BCUT2D eigenvalue weighted by Gasteiger charge is 2.46. The molecule has 1 saturated heterocycles.